The molecule has 2 rings (SSSR count). The summed E-state index contributed by atoms with van der Waals surface area (Å²) in [7, 11) is 0. The van der Waals surface area contributed by atoms with Crippen molar-refractivity contribution in [2.45, 2.75) is 20.3 Å². The van der Waals surface area contributed by atoms with Crippen LogP contribution in [0.5, 0.6) is 0 Å². The summed E-state index contributed by atoms with van der Waals surface area (Å²) in [6.07, 6.45) is 3.17. The summed E-state index contributed by atoms with van der Waals surface area (Å²) in [5.41, 5.74) is 1.59. The average Bonchev–Trinajstić information content (AvgIpc) is 2.55. The van der Waals surface area contributed by atoms with Crippen LogP contribution in [0.2, 0.25) is 0 Å². The summed E-state index contributed by atoms with van der Waals surface area (Å²) in [4.78, 5) is 27.8. The lowest BCUT2D eigenvalue weighted by atomic mass is 10.1. The first-order valence-electron chi connectivity index (χ1n) is 7.32. The van der Waals surface area contributed by atoms with Gasteiger partial charge in [0.05, 0.1) is 11.8 Å². The maximum Gasteiger partial charge on any atom is 0.258 e. The van der Waals surface area contributed by atoms with Gasteiger partial charge in [0.15, 0.2) is 5.82 Å². The lowest BCUT2D eigenvalue weighted by molar-refractivity contribution is 0.0952. The Hall–Kier alpha value is -2.76. The van der Waals surface area contributed by atoms with E-state index in [1.165, 1.54) is 12.3 Å². The molecule has 2 amide bonds. The van der Waals surface area contributed by atoms with Gasteiger partial charge in [0.2, 0.25) is 0 Å². The minimum Gasteiger partial charge on any atom is -0.352 e. The van der Waals surface area contributed by atoms with Gasteiger partial charge in [-0.3, -0.25) is 14.6 Å². The van der Waals surface area contributed by atoms with Crippen molar-refractivity contribution in [3.63, 3.8) is 0 Å². The first kappa shape index (κ1) is 16.6. The Morgan fingerprint density at radius 1 is 1.22 bits per heavy atom. The molecular formula is C17H18FN3O2. The smallest absolute Gasteiger partial charge is 0.258 e. The molecular weight excluding hydrogens is 297 g/mol. The first-order chi connectivity index (χ1) is 11.0. The van der Waals surface area contributed by atoms with E-state index in [1.54, 1.807) is 25.1 Å². The number of hydrogen-bond acceptors (Lipinski definition) is 3. The molecule has 0 aliphatic rings. The van der Waals surface area contributed by atoms with Gasteiger partial charge < -0.3 is 10.6 Å². The molecule has 23 heavy (non-hydrogen) atoms. The van der Waals surface area contributed by atoms with Gasteiger partial charge in [-0.05, 0) is 37.1 Å². The van der Waals surface area contributed by atoms with Crippen LogP contribution in [0.15, 0.2) is 36.7 Å². The second kappa shape index (κ2) is 7.49. The largest absolute Gasteiger partial charge is 0.352 e. The number of aryl methyl sites for hydroxylation is 1. The van der Waals surface area contributed by atoms with Crippen molar-refractivity contribution < 1.29 is 14.0 Å². The molecule has 6 heteroatoms. The molecule has 1 aromatic heterocycles. The van der Waals surface area contributed by atoms with Crippen LogP contribution in [0.1, 0.15) is 39.6 Å². The van der Waals surface area contributed by atoms with E-state index in [9.17, 15) is 14.0 Å². The number of amides is 2. The molecule has 5 nitrogen and oxygen atoms in total. The summed E-state index contributed by atoms with van der Waals surface area (Å²) in [6, 6.07) is 6.30. The topological polar surface area (TPSA) is 71.1 Å². The second-order valence-corrected chi connectivity index (χ2v) is 5.10. The van der Waals surface area contributed by atoms with Crippen LogP contribution < -0.4 is 10.6 Å². The van der Waals surface area contributed by atoms with Crippen LogP contribution in [0, 0.1) is 12.7 Å². The Balaban J connectivity index is 2.21. The van der Waals surface area contributed by atoms with Crippen molar-refractivity contribution in [2.24, 2.45) is 0 Å². The number of carbonyl (C=O) groups is 2. The lowest BCUT2D eigenvalue weighted by Gasteiger charge is -2.11. The van der Waals surface area contributed by atoms with E-state index in [4.69, 9.17) is 0 Å². The van der Waals surface area contributed by atoms with Crippen LogP contribution in [-0.2, 0) is 0 Å². The standard InChI is InChI=1S/C17H18FN3O2/c1-3-7-20-16(22)12-5-4-11(2)15(9-12)21-17(23)13-6-8-19-10-14(13)18/h4-6,8-10H,3,7H2,1-2H3,(H,20,22)(H,21,23). The number of carbonyl (C=O) groups excluding carboxylic acids is 2. The van der Waals surface area contributed by atoms with Crippen molar-refractivity contribution in [1.82, 2.24) is 10.3 Å². The molecule has 0 aliphatic carbocycles. The van der Waals surface area contributed by atoms with Crippen LogP contribution in [-0.4, -0.2) is 23.3 Å². The Kier molecular flexibility index (Phi) is 5.41. The highest BCUT2D eigenvalue weighted by molar-refractivity contribution is 6.05. The molecule has 0 fully saturated rings. The Morgan fingerprint density at radius 2 is 2.00 bits per heavy atom. The van der Waals surface area contributed by atoms with E-state index in [2.05, 4.69) is 15.6 Å². The third-order valence-corrected chi connectivity index (χ3v) is 3.30. The van der Waals surface area contributed by atoms with Gasteiger partial charge in [-0.1, -0.05) is 13.0 Å². The number of aromatic nitrogens is 1. The third-order valence-electron chi connectivity index (χ3n) is 3.30. The summed E-state index contributed by atoms with van der Waals surface area (Å²) in [5, 5.41) is 5.40. The van der Waals surface area contributed by atoms with Gasteiger partial charge in [0.25, 0.3) is 11.8 Å². The Labute approximate surface area is 133 Å². The molecule has 0 unspecified atom stereocenters. The molecule has 120 valence electrons. The summed E-state index contributed by atoms with van der Waals surface area (Å²) in [6.45, 7) is 4.34. The van der Waals surface area contributed by atoms with Gasteiger partial charge in [0, 0.05) is 24.0 Å². The summed E-state index contributed by atoms with van der Waals surface area (Å²) in [5.74, 6) is -1.49. The van der Waals surface area contributed by atoms with Crippen molar-refractivity contribution in [1.29, 1.82) is 0 Å². The SMILES string of the molecule is CCCNC(=O)c1ccc(C)c(NC(=O)c2ccncc2F)c1. The maximum atomic E-state index is 13.6. The molecule has 0 saturated heterocycles. The number of hydrogen-bond donors (Lipinski definition) is 2. The summed E-state index contributed by atoms with van der Waals surface area (Å²) < 4.78 is 13.6. The van der Waals surface area contributed by atoms with Crippen LogP contribution >= 0.6 is 0 Å². The van der Waals surface area contributed by atoms with E-state index >= 15 is 0 Å². The zero-order valence-corrected chi connectivity index (χ0v) is 13.0. The molecule has 1 heterocycles. The van der Waals surface area contributed by atoms with Gasteiger partial charge in [-0.25, -0.2) is 4.39 Å². The van der Waals surface area contributed by atoms with Crippen molar-refractivity contribution in [3.05, 3.63) is 59.2 Å². The van der Waals surface area contributed by atoms with Gasteiger partial charge in [-0.15, -0.1) is 0 Å². The van der Waals surface area contributed by atoms with Crippen molar-refractivity contribution in [2.75, 3.05) is 11.9 Å². The van der Waals surface area contributed by atoms with E-state index < -0.39 is 11.7 Å². The average molecular weight is 315 g/mol. The Bertz CT molecular complexity index is 732. The third kappa shape index (κ3) is 4.12. The van der Waals surface area contributed by atoms with Crippen LogP contribution in [0.4, 0.5) is 10.1 Å². The normalized spacial score (nSPS) is 10.2. The van der Waals surface area contributed by atoms with Crippen LogP contribution in [0.25, 0.3) is 0 Å². The summed E-state index contributed by atoms with van der Waals surface area (Å²) >= 11 is 0. The molecule has 2 N–H and O–H groups in total. The molecule has 0 spiro atoms. The second-order valence-electron chi connectivity index (χ2n) is 5.10. The van der Waals surface area contributed by atoms with Gasteiger partial charge in [-0.2, -0.15) is 0 Å². The fourth-order valence-electron chi connectivity index (χ4n) is 1.99. The molecule has 0 atom stereocenters. The van der Waals surface area contributed by atoms with Crippen molar-refractivity contribution >= 4 is 17.5 Å². The number of nitrogens with one attached hydrogen (secondary N) is 2. The minimum absolute atomic E-state index is 0.0970. The van der Waals surface area contributed by atoms with E-state index in [0.29, 0.717) is 17.8 Å². The molecule has 0 bridgehead atoms. The fourth-order valence-corrected chi connectivity index (χ4v) is 1.99. The zero-order valence-electron chi connectivity index (χ0n) is 13.0. The molecule has 0 saturated carbocycles. The highest BCUT2D eigenvalue weighted by Gasteiger charge is 2.14. The quantitative estimate of drug-likeness (QED) is 0.891. The lowest BCUT2D eigenvalue weighted by Crippen LogP contribution is -2.24. The highest BCUT2D eigenvalue weighted by atomic mass is 19.1. The Morgan fingerprint density at radius 3 is 2.70 bits per heavy atom. The van der Waals surface area contributed by atoms with Gasteiger partial charge >= 0.3 is 0 Å². The number of rotatable bonds is 5. The van der Waals surface area contributed by atoms with Crippen molar-refractivity contribution in [3.8, 4) is 0 Å². The highest BCUT2D eigenvalue weighted by Crippen LogP contribution is 2.18. The molecule has 0 radical (unpaired) electrons. The first-order valence-corrected chi connectivity index (χ1v) is 7.32. The van der Waals surface area contributed by atoms with Crippen LogP contribution in [0.3, 0.4) is 0 Å². The molecule has 0 aliphatic heterocycles. The maximum absolute atomic E-state index is 13.6. The number of anilines is 1. The predicted octanol–water partition coefficient (Wildman–Crippen LogP) is 2.92. The molecule has 2 aromatic rings. The van der Waals surface area contributed by atoms with E-state index in [1.807, 2.05) is 6.92 Å². The fraction of sp³-hybridized carbons (Fsp3) is 0.235. The number of pyridine rings is 1. The monoisotopic (exact) mass is 315 g/mol. The predicted molar refractivity (Wildman–Crippen MR) is 86.0 cm³/mol. The number of nitrogens with zero attached hydrogens (tertiary/aromatic N) is 1. The number of halogens is 1. The van der Waals surface area contributed by atoms with E-state index in [-0.39, 0.29) is 11.5 Å². The number of benzene rings is 1. The molecule has 1 aromatic carbocycles. The zero-order chi connectivity index (χ0) is 16.8. The van der Waals surface area contributed by atoms with Gasteiger partial charge in [0.1, 0.15) is 0 Å². The van der Waals surface area contributed by atoms with E-state index in [0.717, 1.165) is 18.2 Å². The minimum atomic E-state index is -0.695.